The monoisotopic (exact) mass is 334 g/mol. The number of likely N-dealkylation sites (N-methyl/N-ethyl adjacent to an activating group) is 1. The molecule has 0 fully saturated rings. The van der Waals surface area contributed by atoms with Crippen molar-refractivity contribution in [3.05, 3.63) is 29.8 Å². The molecule has 24 heavy (non-hydrogen) atoms. The first-order valence-electron chi connectivity index (χ1n) is 9.12. The molecule has 5 nitrogen and oxygen atoms in total. The summed E-state index contributed by atoms with van der Waals surface area (Å²) in [6, 6.07) is 8.26. The number of guanidine groups is 1. The molecule has 0 saturated carbocycles. The van der Waals surface area contributed by atoms with Gasteiger partial charge < -0.3 is 20.3 Å². The molecule has 0 amide bonds. The van der Waals surface area contributed by atoms with Crippen molar-refractivity contribution in [1.82, 2.24) is 15.5 Å². The third-order valence-corrected chi connectivity index (χ3v) is 4.00. The molecule has 0 aromatic heterocycles. The highest BCUT2D eigenvalue weighted by Crippen LogP contribution is 2.12. The van der Waals surface area contributed by atoms with E-state index >= 15 is 0 Å². The van der Waals surface area contributed by atoms with Crippen LogP contribution < -0.4 is 15.4 Å². The number of hydrogen-bond acceptors (Lipinski definition) is 3. The van der Waals surface area contributed by atoms with Crippen molar-refractivity contribution >= 4 is 5.96 Å². The lowest BCUT2D eigenvalue weighted by atomic mass is 10.2. The van der Waals surface area contributed by atoms with Gasteiger partial charge in [0.1, 0.15) is 12.4 Å². The lowest BCUT2D eigenvalue weighted by molar-refractivity contribution is 0.223. The number of unbranched alkanes of at least 4 members (excludes halogenated alkanes) is 1. The average Bonchev–Trinajstić information content (AvgIpc) is 2.63. The molecule has 0 aliphatic heterocycles. The highest BCUT2D eigenvalue weighted by Gasteiger charge is 2.01. The molecular formula is C19H34N4O. The van der Waals surface area contributed by atoms with E-state index in [0.29, 0.717) is 0 Å². The van der Waals surface area contributed by atoms with Crippen LogP contribution in [0.4, 0.5) is 0 Å². The molecule has 0 heterocycles. The highest BCUT2D eigenvalue weighted by atomic mass is 16.5. The maximum absolute atomic E-state index is 5.81. The van der Waals surface area contributed by atoms with Crippen LogP contribution in [0.15, 0.2) is 29.3 Å². The second-order valence-corrected chi connectivity index (χ2v) is 5.73. The Balaban J connectivity index is 2.33. The van der Waals surface area contributed by atoms with Crippen molar-refractivity contribution in [2.24, 2.45) is 4.99 Å². The molecule has 5 heteroatoms. The van der Waals surface area contributed by atoms with Gasteiger partial charge in [0, 0.05) is 26.7 Å². The van der Waals surface area contributed by atoms with E-state index < -0.39 is 0 Å². The molecule has 0 spiro atoms. The fraction of sp³-hybridized carbons (Fsp3) is 0.632. The fourth-order valence-electron chi connectivity index (χ4n) is 2.33. The summed E-state index contributed by atoms with van der Waals surface area (Å²) in [6.07, 6.45) is 2.33. The first-order valence-corrected chi connectivity index (χ1v) is 9.12. The summed E-state index contributed by atoms with van der Waals surface area (Å²) in [7, 11) is 1.80. The highest BCUT2D eigenvalue weighted by molar-refractivity contribution is 5.79. The van der Waals surface area contributed by atoms with Crippen molar-refractivity contribution in [2.75, 3.05) is 39.8 Å². The second kappa shape index (κ2) is 12.6. The Morgan fingerprint density at radius 1 is 1.08 bits per heavy atom. The van der Waals surface area contributed by atoms with Gasteiger partial charge in [0.25, 0.3) is 0 Å². The maximum atomic E-state index is 5.81. The first-order chi connectivity index (χ1) is 11.7. The maximum Gasteiger partial charge on any atom is 0.191 e. The molecule has 136 valence electrons. The smallest absolute Gasteiger partial charge is 0.191 e. The number of ether oxygens (including phenoxy) is 1. The second-order valence-electron chi connectivity index (χ2n) is 5.73. The minimum atomic E-state index is 0.729. The van der Waals surface area contributed by atoms with E-state index in [1.165, 1.54) is 12.0 Å². The molecule has 1 aromatic carbocycles. The van der Waals surface area contributed by atoms with E-state index in [4.69, 9.17) is 4.74 Å². The summed E-state index contributed by atoms with van der Waals surface area (Å²) in [5, 5.41) is 6.64. The molecule has 2 N–H and O–H groups in total. The quantitative estimate of drug-likeness (QED) is 0.371. The van der Waals surface area contributed by atoms with Crippen LogP contribution in [0.25, 0.3) is 0 Å². The summed E-state index contributed by atoms with van der Waals surface area (Å²) in [4.78, 5) is 6.59. The number of benzene rings is 1. The van der Waals surface area contributed by atoms with Crippen LogP contribution in [-0.4, -0.2) is 50.7 Å². The van der Waals surface area contributed by atoms with Crippen LogP contribution in [0.2, 0.25) is 0 Å². The van der Waals surface area contributed by atoms with Gasteiger partial charge in [-0.15, -0.1) is 0 Å². The normalized spacial score (nSPS) is 11.6. The van der Waals surface area contributed by atoms with E-state index in [9.17, 15) is 0 Å². The van der Waals surface area contributed by atoms with Gasteiger partial charge in [-0.2, -0.15) is 0 Å². The zero-order chi connectivity index (χ0) is 17.6. The van der Waals surface area contributed by atoms with E-state index in [1.807, 2.05) is 12.1 Å². The topological polar surface area (TPSA) is 48.9 Å². The number of aliphatic imine (C=N–C) groups is 1. The van der Waals surface area contributed by atoms with E-state index in [-0.39, 0.29) is 0 Å². The van der Waals surface area contributed by atoms with E-state index in [2.05, 4.69) is 53.4 Å². The van der Waals surface area contributed by atoms with Crippen molar-refractivity contribution in [3.63, 3.8) is 0 Å². The lowest BCUT2D eigenvalue weighted by Gasteiger charge is -2.18. The summed E-state index contributed by atoms with van der Waals surface area (Å²) in [5.41, 5.74) is 1.21. The number of nitrogens with one attached hydrogen (secondary N) is 2. The Labute approximate surface area is 147 Å². The third kappa shape index (κ3) is 8.20. The Morgan fingerprint density at radius 3 is 2.38 bits per heavy atom. The Morgan fingerprint density at radius 2 is 1.79 bits per heavy atom. The summed E-state index contributed by atoms with van der Waals surface area (Å²) < 4.78 is 5.81. The van der Waals surface area contributed by atoms with Gasteiger partial charge >= 0.3 is 0 Å². The van der Waals surface area contributed by atoms with Crippen LogP contribution >= 0.6 is 0 Å². The third-order valence-electron chi connectivity index (χ3n) is 4.00. The van der Waals surface area contributed by atoms with Crippen LogP contribution in [0.3, 0.4) is 0 Å². The first kappa shape index (κ1) is 20.3. The predicted molar refractivity (Wildman–Crippen MR) is 103 cm³/mol. The van der Waals surface area contributed by atoms with Crippen molar-refractivity contribution in [2.45, 2.75) is 40.2 Å². The van der Waals surface area contributed by atoms with Gasteiger partial charge in [0.05, 0.1) is 0 Å². The molecule has 0 unspecified atom stereocenters. The predicted octanol–water partition coefficient (Wildman–Crippen LogP) is 2.87. The minimum absolute atomic E-state index is 0.729. The van der Waals surface area contributed by atoms with Crippen molar-refractivity contribution in [3.8, 4) is 5.75 Å². The van der Waals surface area contributed by atoms with Gasteiger partial charge in [-0.3, -0.25) is 4.99 Å². The van der Waals surface area contributed by atoms with Crippen molar-refractivity contribution in [1.29, 1.82) is 0 Å². The van der Waals surface area contributed by atoms with Gasteiger partial charge in [-0.25, -0.2) is 0 Å². The summed E-state index contributed by atoms with van der Waals surface area (Å²) >= 11 is 0. The SMILES string of the molecule is CCCCNC(=NC)NCc1ccc(OCCN(CC)CC)cc1. The van der Waals surface area contributed by atoms with E-state index in [1.54, 1.807) is 7.05 Å². The molecular weight excluding hydrogens is 300 g/mol. The number of rotatable bonds is 11. The van der Waals surface area contributed by atoms with Crippen LogP contribution in [0.1, 0.15) is 39.2 Å². The molecule has 0 aliphatic carbocycles. The standard InChI is InChI=1S/C19H34N4O/c1-5-8-13-21-19(20-4)22-16-17-9-11-18(12-10-17)24-15-14-23(6-2)7-3/h9-12H,5-8,13-16H2,1-4H3,(H2,20,21,22). The minimum Gasteiger partial charge on any atom is -0.492 e. The average molecular weight is 335 g/mol. The Kier molecular flexibility index (Phi) is 10.7. The molecule has 1 rings (SSSR count). The Bertz CT molecular complexity index is 455. The molecule has 1 aromatic rings. The number of hydrogen-bond donors (Lipinski definition) is 2. The Hall–Kier alpha value is -1.75. The van der Waals surface area contributed by atoms with Gasteiger partial charge in [0.2, 0.25) is 0 Å². The molecule has 0 radical (unpaired) electrons. The van der Waals surface area contributed by atoms with Crippen LogP contribution in [-0.2, 0) is 6.54 Å². The van der Waals surface area contributed by atoms with E-state index in [0.717, 1.165) is 57.5 Å². The zero-order valence-electron chi connectivity index (χ0n) is 15.8. The number of nitrogens with zero attached hydrogens (tertiary/aromatic N) is 2. The van der Waals surface area contributed by atoms with Crippen LogP contribution in [0, 0.1) is 0 Å². The molecule has 0 aliphatic rings. The largest absolute Gasteiger partial charge is 0.492 e. The van der Waals surface area contributed by atoms with Gasteiger partial charge in [-0.05, 0) is 37.2 Å². The van der Waals surface area contributed by atoms with Gasteiger partial charge in [-0.1, -0.05) is 39.3 Å². The molecule has 0 saturated heterocycles. The lowest BCUT2D eigenvalue weighted by Crippen LogP contribution is -2.37. The molecule has 0 bridgehead atoms. The van der Waals surface area contributed by atoms with Crippen LogP contribution in [0.5, 0.6) is 5.75 Å². The summed E-state index contributed by atoms with van der Waals surface area (Å²) in [5.74, 6) is 1.78. The van der Waals surface area contributed by atoms with Crippen molar-refractivity contribution < 1.29 is 4.74 Å². The zero-order valence-corrected chi connectivity index (χ0v) is 15.8. The fourth-order valence-corrected chi connectivity index (χ4v) is 2.33. The van der Waals surface area contributed by atoms with Gasteiger partial charge in [0.15, 0.2) is 5.96 Å². The summed E-state index contributed by atoms with van der Waals surface area (Å²) in [6.45, 7) is 12.1. The molecule has 0 atom stereocenters.